The molecular weight excluding hydrogens is 312 g/mol. The standard InChI is InChI=1S/C18H25ClN2O2/c1-13(23-12-14-2-3-14)18(22)20-10-15-8-9-21(11-15)17-6-4-16(19)5-7-17/h4-7,13-15H,2-3,8-12H2,1H3,(H,20,22)/t13-,15+/m1/s1. The molecule has 1 heterocycles. The fraction of sp³-hybridized carbons (Fsp3) is 0.611. The normalized spacial score (nSPS) is 22.2. The van der Waals surface area contributed by atoms with Crippen LogP contribution in [0.15, 0.2) is 24.3 Å². The van der Waals surface area contributed by atoms with Crippen molar-refractivity contribution in [1.29, 1.82) is 0 Å². The van der Waals surface area contributed by atoms with Gasteiger partial charge in [-0.1, -0.05) is 11.6 Å². The number of anilines is 1. The van der Waals surface area contributed by atoms with Gasteiger partial charge in [0.15, 0.2) is 0 Å². The molecule has 1 aliphatic carbocycles. The Morgan fingerprint density at radius 3 is 2.74 bits per heavy atom. The summed E-state index contributed by atoms with van der Waals surface area (Å²) in [6.45, 7) is 5.28. The molecule has 1 aromatic rings. The molecule has 2 atom stereocenters. The number of ether oxygens (including phenoxy) is 1. The monoisotopic (exact) mass is 336 g/mol. The van der Waals surface area contributed by atoms with Gasteiger partial charge in [-0.3, -0.25) is 4.79 Å². The lowest BCUT2D eigenvalue weighted by molar-refractivity contribution is -0.132. The highest BCUT2D eigenvalue weighted by Gasteiger charge is 2.26. The second kappa shape index (κ2) is 7.54. The molecule has 0 spiro atoms. The molecule has 0 unspecified atom stereocenters. The van der Waals surface area contributed by atoms with E-state index in [1.165, 1.54) is 18.5 Å². The zero-order valence-corrected chi connectivity index (χ0v) is 14.4. The SMILES string of the molecule is C[C@@H](OCC1CC1)C(=O)NC[C@@H]1CCN(c2ccc(Cl)cc2)C1. The van der Waals surface area contributed by atoms with Crippen LogP contribution in [0, 0.1) is 11.8 Å². The summed E-state index contributed by atoms with van der Waals surface area (Å²) in [6.07, 6.45) is 3.25. The highest BCUT2D eigenvalue weighted by Crippen LogP contribution is 2.29. The molecule has 1 aliphatic heterocycles. The van der Waals surface area contributed by atoms with Crippen molar-refractivity contribution in [2.75, 3.05) is 31.1 Å². The number of carbonyl (C=O) groups excluding carboxylic acids is 1. The predicted molar refractivity (Wildman–Crippen MR) is 92.9 cm³/mol. The lowest BCUT2D eigenvalue weighted by Crippen LogP contribution is -2.38. The van der Waals surface area contributed by atoms with Crippen molar-refractivity contribution in [3.63, 3.8) is 0 Å². The average Bonchev–Trinajstić information content (AvgIpc) is 3.27. The molecular formula is C18H25ClN2O2. The van der Waals surface area contributed by atoms with Crippen molar-refractivity contribution in [2.45, 2.75) is 32.3 Å². The zero-order chi connectivity index (χ0) is 16.2. The Labute approximate surface area is 143 Å². The Balaban J connectivity index is 1.39. The predicted octanol–water partition coefficient (Wildman–Crippen LogP) is 3.10. The van der Waals surface area contributed by atoms with E-state index in [9.17, 15) is 4.79 Å². The highest BCUT2D eigenvalue weighted by molar-refractivity contribution is 6.30. The van der Waals surface area contributed by atoms with E-state index >= 15 is 0 Å². The molecule has 23 heavy (non-hydrogen) atoms. The van der Waals surface area contributed by atoms with Crippen LogP contribution in [0.3, 0.4) is 0 Å². The molecule has 1 aromatic carbocycles. The first kappa shape index (κ1) is 16.6. The van der Waals surface area contributed by atoms with Gasteiger partial charge in [-0.05, 0) is 62.3 Å². The fourth-order valence-electron chi connectivity index (χ4n) is 2.91. The fourth-order valence-corrected chi connectivity index (χ4v) is 3.04. The number of amides is 1. The summed E-state index contributed by atoms with van der Waals surface area (Å²) in [5, 5.41) is 3.80. The number of hydrogen-bond acceptors (Lipinski definition) is 3. The van der Waals surface area contributed by atoms with Crippen LogP contribution in [0.4, 0.5) is 5.69 Å². The smallest absolute Gasteiger partial charge is 0.248 e. The summed E-state index contributed by atoms with van der Waals surface area (Å²) in [5.74, 6) is 1.19. The van der Waals surface area contributed by atoms with Gasteiger partial charge in [0.25, 0.3) is 0 Å². The third-order valence-electron chi connectivity index (χ3n) is 4.69. The number of nitrogens with zero attached hydrogens (tertiary/aromatic N) is 1. The molecule has 5 heteroatoms. The second-order valence-electron chi connectivity index (χ2n) is 6.74. The molecule has 126 valence electrons. The minimum atomic E-state index is -0.343. The minimum absolute atomic E-state index is 0.00981. The maximum atomic E-state index is 12.1. The second-order valence-corrected chi connectivity index (χ2v) is 7.18. The third kappa shape index (κ3) is 4.85. The van der Waals surface area contributed by atoms with E-state index in [1.54, 1.807) is 0 Å². The van der Waals surface area contributed by atoms with Crippen molar-refractivity contribution in [2.24, 2.45) is 11.8 Å². The lowest BCUT2D eigenvalue weighted by Gasteiger charge is -2.19. The Hall–Kier alpha value is -1.26. The first-order chi connectivity index (χ1) is 11.1. The molecule has 1 N–H and O–H groups in total. The lowest BCUT2D eigenvalue weighted by atomic mass is 10.1. The molecule has 3 rings (SSSR count). The van der Waals surface area contributed by atoms with Crippen LogP contribution in [0.5, 0.6) is 0 Å². The van der Waals surface area contributed by atoms with Gasteiger partial charge in [0.2, 0.25) is 5.91 Å². The molecule has 0 aromatic heterocycles. The number of hydrogen-bond donors (Lipinski definition) is 1. The van der Waals surface area contributed by atoms with E-state index in [4.69, 9.17) is 16.3 Å². The summed E-state index contributed by atoms with van der Waals surface area (Å²) >= 11 is 5.93. The molecule has 1 saturated carbocycles. The molecule has 0 bridgehead atoms. The molecule has 0 radical (unpaired) electrons. The van der Waals surface area contributed by atoms with E-state index < -0.39 is 0 Å². The topological polar surface area (TPSA) is 41.6 Å². The van der Waals surface area contributed by atoms with Gasteiger partial charge in [-0.15, -0.1) is 0 Å². The van der Waals surface area contributed by atoms with Gasteiger partial charge >= 0.3 is 0 Å². The average molecular weight is 337 g/mol. The molecule has 2 fully saturated rings. The first-order valence-electron chi connectivity index (χ1n) is 8.51. The summed E-state index contributed by atoms with van der Waals surface area (Å²) in [5.41, 5.74) is 1.20. The van der Waals surface area contributed by atoms with Gasteiger partial charge in [-0.25, -0.2) is 0 Å². The number of rotatable bonds is 7. The molecule has 1 amide bonds. The maximum absolute atomic E-state index is 12.1. The maximum Gasteiger partial charge on any atom is 0.248 e. The van der Waals surface area contributed by atoms with Crippen LogP contribution in [0.25, 0.3) is 0 Å². The Morgan fingerprint density at radius 1 is 1.30 bits per heavy atom. The zero-order valence-electron chi connectivity index (χ0n) is 13.6. The van der Waals surface area contributed by atoms with Gasteiger partial charge in [0, 0.05) is 30.3 Å². The van der Waals surface area contributed by atoms with Crippen LogP contribution in [0.1, 0.15) is 26.2 Å². The molecule has 1 saturated heterocycles. The van der Waals surface area contributed by atoms with E-state index in [1.807, 2.05) is 19.1 Å². The quantitative estimate of drug-likeness (QED) is 0.832. The number of nitrogens with one attached hydrogen (secondary N) is 1. The first-order valence-corrected chi connectivity index (χ1v) is 8.89. The minimum Gasteiger partial charge on any atom is -0.371 e. The van der Waals surface area contributed by atoms with E-state index in [-0.39, 0.29) is 12.0 Å². The van der Waals surface area contributed by atoms with Crippen LogP contribution >= 0.6 is 11.6 Å². The summed E-state index contributed by atoms with van der Waals surface area (Å²) in [7, 11) is 0. The highest BCUT2D eigenvalue weighted by atomic mass is 35.5. The largest absolute Gasteiger partial charge is 0.371 e. The van der Waals surface area contributed by atoms with Crippen LogP contribution < -0.4 is 10.2 Å². The third-order valence-corrected chi connectivity index (χ3v) is 4.94. The van der Waals surface area contributed by atoms with Crippen molar-refractivity contribution < 1.29 is 9.53 Å². The van der Waals surface area contributed by atoms with Crippen molar-refractivity contribution >= 4 is 23.2 Å². The summed E-state index contributed by atoms with van der Waals surface area (Å²) < 4.78 is 5.61. The molecule has 4 nitrogen and oxygen atoms in total. The Bertz CT molecular complexity index is 530. The van der Waals surface area contributed by atoms with E-state index in [2.05, 4.69) is 22.3 Å². The van der Waals surface area contributed by atoms with Crippen molar-refractivity contribution in [3.8, 4) is 0 Å². The summed E-state index contributed by atoms with van der Waals surface area (Å²) in [6, 6.07) is 7.95. The summed E-state index contributed by atoms with van der Waals surface area (Å²) in [4.78, 5) is 14.4. The Morgan fingerprint density at radius 2 is 2.04 bits per heavy atom. The number of carbonyl (C=O) groups is 1. The van der Waals surface area contributed by atoms with E-state index in [0.717, 1.165) is 37.7 Å². The van der Waals surface area contributed by atoms with Gasteiger partial charge < -0.3 is 15.0 Å². The van der Waals surface area contributed by atoms with Gasteiger partial charge in [0.05, 0.1) is 6.61 Å². The number of benzene rings is 1. The number of halogens is 1. The van der Waals surface area contributed by atoms with Crippen LogP contribution in [-0.2, 0) is 9.53 Å². The Kier molecular flexibility index (Phi) is 5.44. The van der Waals surface area contributed by atoms with Crippen molar-refractivity contribution in [3.05, 3.63) is 29.3 Å². The van der Waals surface area contributed by atoms with Crippen molar-refractivity contribution in [1.82, 2.24) is 5.32 Å². The van der Waals surface area contributed by atoms with E-state index in [0.29, 0.717) is 11.8 Å². The van der Waals surface area contributed by atoms with Crippen LogP contribution in [-0.4, -0.2) is 38.3 Å². The molecule has 2 aliphatic rings. The van der Waals surface area contributed by atoms with Gasteiger partial charge in [-0.2, -0.15) is 0 Å². The van der Waals surface area contributed by atoms with Crippen LogP contribution in [0.2, 0.25) is 5.02 Å². The van der Waals surface area contributed by atoms with Gasteiger partial charge in [0.1, 0.15) is 6.10 Å².